The van der Waals surface area contributed by atoms with Crippen molar-refractivity contribution in [2.75, 3.05) is 18.7 Å². The molecule has 146 valence electrons. The smallest absolute Gasteiger partial charge is 0.355 e. The van der Waals surface area contributed by atoms with E-state index in [1.54, 1.807) is 37.4 Å². The number of thiophene rings is 1. The van der Waals surface area contributed by atoms with Gasteiger partial charge < -0.3 is 9.64 Å². The number of benzene rings is 1. The standard InChI is InChI=1S/C19H18ClN3O4S/c1-22(11-14-7-9-16(20)28-14)18(25)12-27-19(26)15-8-10-17(24)23(21-15)13-5-3-2-4-6-13/h2-7,9H,8,10-12H2,1H3. The molecule has 2 aromatic rings. The zero-order valence-corrected chi connectivity index (χ0v) is 16.7. The number of likely N-dealkylation sites (N-methyl/N-ethyl adjacent to an activating group) is 1. The highest BCUT2D eigenvalue weighted by atomic mass is 35.5. The maximum atomic E-state index is 12.3. The third kappa shape index (κ3) is 4.96. The fourth-order valence-electron chi connectivity index (χ4n) is 2.55. The zero-order valence-electron chi connectivity index (χ0n) is 15.1. The second kappa shape index (κ2) is 8.99. The molecule has 2 amide bonds. The Hall–Kier alpha value is -2.71. The molecule has 1 aliphatic heterocycles. The maximum absolute atomic E-state index is 12.3. The van der Waals surface area contributed by atoms with Gasteiger partial charge in [0.25, 0.3) is 5.91 Å². The third-order valence-corrected chi connectivity index (χ3v) is 5.26. The van der Waals surface area contributed by atoms with Crippen LogP contribution in [0, 0.1) is 0 Å². The molecule has 0 N–H and O–H groups in total. The second-order valence-electron chi connectivity index (χ2n) is 6.12. The van der Waals surface area contributed by atoms with E-state index in [1.165, 1.54) is 21.2 Å². The number of hydrogen-bond donors (Lipinski definition) is 0. The predicted molar refractivity (Wildman–Crippen MR) is 107 cm³/mol. The lowest BCUT2D eigenvalue weighted by Gasteiger charge is -2.23. The van der Waals surface area contributed by atoms with Crippen LogP contribution in [0.15, 0.2) is 47.6 Å². The van der Waals surface area contributed by atoms with Crippen LogP contribution in [0.2, 0.25) is 4.34 Å². The van der Waals surface area contributed by atoms with Crippen LogP contribution < -0.4 is 5.01 Å². The Labute approximate surface area is 171 Å². The van der Waals surface area contributed by atoms with Gasteiger partial charge in [-0.3, -0.25) is 9.59 Å². The van der Waals surface area contributed by atoms with Crippen molar-refractivity contribution in [3.63, 3.8) is 0 Å². The van der Waals surface area contributed by atoms with Crippen LogP contribution in [0.3, 0.4) is 0 Å². The van der Waals surface area contributed by atoms with E-state index in [0.717, 1.165) is 4.88 Å². The summed E-state index contributed by atoms with van der Waals surface area (Å²) in [5, 5.41) is 5.30. The van der Waals surface area contributed by atoms with E-state index < -0.39 is 12.6 Å². The minimum absolute atomic E-state index is 0.115. The molecule has 7 nitrogen and oxygen atoms in total. The molecule has 0 aliphatic carbocycles. The summed E-state index contributed by atoms with van der Waals surface area (Å²) in [6.45, 7) is -0.0161. The highest BCUT2D eigenvalue weighted by Gasteiger charge is 2.27. The van der Waals surface area contributed by atoms with Crippen molar-refractivity contribution >= 4 is 52.1 Å². The number of rotatable bonds is 6. The molecule has 1 aromatic heterocycles. The third-order valence-electron chi connectivity index (χ3n) is 4.04. The van der Waals surface area contributed by atoms with Crippen LogP contribution >= 0.6 is 22.9 Å². The first-order valence-electron chi connectivity index (χ1n) is 8.55. The van der Waals surface area contributed by atoms with E-state index in [2.05, 4.69) is 5.10 Å². The van der Waals surface area contributed by atoms with Crippen molar-refractivity contribution in [2.45, 2.75) is 19.4 Å². The Balaban J connectivity index is 1.57. The summed E-state index contributed by atoms with van der Waals surface area (Å²) >= 11 is 7.27. The Bertz CT molecular complexity index is 913. The van der Waals surface area contributed by atoms with Crippen LogP contribution in [0.4, 0.5) is 5.69 Å². The first kappa shape index (κ1) is 20.0. The van der Waals surface area contributed by atoms with Crippen LogP contribution in [0.1, 0.15) is 17.7 Å². The lowest BCUT2D eigenvalue weighted by molar-refractivity contribution is -0.146. The number of ether oxygens (including phenoxy) is 1. The molecule has 9 heteroatoms. The minimum atomic E-state index is -0.700. The fourth-order valence-corrected chi connectivity index (χ4v) is 3.69. The number of carbonyl (C=O) groups is 3. The van der Waals surface area contributed by atoms with Gasteiger partial charge in [-0.25, -0.2) is 9.80 Å². The molecule has 0 spiro atoms. The molecule has 2 heterocycles. The quantitative estimate of drug-likeness (QED) is 0.674. The number of nitrogens with zero attached hydrogens (tertiary/aromatic N) is 3. The number of amides is 2. The number of hydrogen-bond acceptors (Lipinski definition) is 6. The van der Waals surface area contributed by atoms with Crippen molar-refractivity contribution in [3.05, 3.63) is 51.7 Å². The minimum Gasteiger partial charge on any atom is -0.451 e. The SMILES string of the molecule is CN(Cc1ccc(Cl)s1)C(=O)COC(=O)C1=NN(c2ccccc2)C(=O)CC1. The second-order valence-corrected chi connectivity index (χ2v) is 7.92. The van der Waals surface area contributed by atoms with Gasteiger partial charge in [0.05, 0.1) is 16.6 Å². The van der Waals surface area contributed by atoms with Crippen LogP contribution in [-0.2, 0) is 25.7 Å². The molecule has 0 radical (unpaired) electrons. The van der Waals surface area contributed by atoms with E-state index in [4.69, 9.17) is 16.3 Å². The molecule has 3 rings (SSSR count). The Morgan fingerprint density at radius 2 is 1.96 bits per heavy atom. The summed E-state index contributed by atoms with van der Waals surface area (Å²) in [6, 6.07) is 12.4. The Morgan fingerprint density at radius 3 is 2.64 bits per heavy atom. The number of hydrazone groups is 1. The van der Waals surface area contributed by atoms with Crippen molar-refractivity contribution < 1.29 is 19.1 Å². The van der Waals surface area contributed by atoms with Crippen molar-refractivity contribution in [3.8, 4) is 0 Å². The molecule has 28 heavy (non-hydrogen) atoms. The molecule has 0 saturated carbocycles. The lowest BCUT2D eigenvalue weighted by Crippen LogP contribution is -2.36. The number of para-hydroxylation sites is 1. The average molecular weight is 420 g/mol. The van der Waals surface area contributed by atoms with Gasteiger partial charge >= 0.3 is 5.97 Å². The fraction of sp³-hybridized carbons (Fsp3) is 0.263. The molecule has 0 saturated heterocycles. The first-order valence-corrected chi connectivity index (χ1v) is 9.74. The molecular weight excluding hydrogens is 402 g/mol. The van der Waals surface area contributed by atoms with Gasteiger partial charge in [-0.05, 0) is 24.3 Å². The zero-order chi connectivity index (χ0) is 20.1. The molecular formula is C19H18ClN3O4S. The summed E-state index contributed by atoms with van der Waals surface area (Å²) in [4.78, 5) is 39.0. The molecule has 0 bridgehead atoms. The van der Waals surface area contributed by atoms with Crippen LogP contribution in [0.25, 0.3) is 0 Å². The molecule has 0 atom stereocenters. The summed E-state index contributed by atoms with van der Waals surface area (Å²) in [7, 11) is 1.62. The normalized spacial score (nSPS) is 13.9. The monoisotopic (exact) mass is 419 g/mol. The molecule has 1 aliphatic rings. The first-order chi connectivity index (χ1) is 13.4. The Morgan fingerprint density at radius 1 is 1.21 bits per heavy atom. The summed E-state index contributed by atoms with van der Waals surface area (Å²) in [6.07, 6.45) is 0.328. The van der Waals surface area contributed by atoms with E-state index in [9.17, 15) is 14.4 Å². The van der Waals surface area contributed by atoms with Gasteiger partial charge in [0.1, 0.15) is 5.71 Å². The predicted octanol–water partition coefficient (Wildman–Crippen LogP) is 3.09. The van der Waals surface area contributed by atoms with Crippen LogP contribution in [-0.4, -0.2) is 42.0 Å². The van der Waals surface area contributed by atoms with Crippen molar-refractivity contribution in [1.82, 2.24) is 4.90 Å². The number of halogens is 1. The topological polar surface area (TPSA) is 79.3 Å². The van der Waals surface area contributed by atoms with Gasteiger partial charge in [-0.2, -0.15) is 5.10 Å². The van der Waals surface area contributed by atoms with Crippen LogP contribution in [0.5, 0.6) is 0 Å². The van der Waals surface area contributed by atoms with Gasteiger partial charge in [0, 0.05) is 24.8 Å². The molecule has 1 aromatic carbocycles. The Kier molecular flexibility index (Phi) is 6.43. The maximum Gasteiger partial charge on any atom is 0.355 e. The largest absolute Gasteiger partial charge is 0.451 e. The van der Waals surface area contributed by atoms with E-state index in [0.29, 0.717) is 16.6 Å². The number of carbonyl (C=O) groups excluding carboxylic acids is 3. The van der Waals surface area contributed by atoms with Gasteiger partial charge in [0.2, 0.25) is 5.91 Å². The number of anilines is 1. The highest BCUT2D eigenvalue weighted by molar-refractivity contribution is 7.16. The van der Waals surface area contributed by atoms with Crippen molar-refractivity contribution in [2.24, 2.45) is 5.10 Å². The van der Waals surface area contributed by atoms with E-state index in [1.807, 2.05) is 12.1 Å². The van der Waals surface area contributed by atoms with Gasteiger partial charge in [0.15, 0.2) is 6.61 Å². The average Bonchev–Trinajstić information content (AvgIpc) is 3.11. The lowest BCUT2D eigenvalue weighted by atomic mass is 10.1. The van der Waals surface area contributed by atoms with E-state index >= 15 is 0 Å². The highest BCUT2D eigenvalue weighted by Crippen LogP contribution is 2.22. The van der Waals surface area contributed by atoms with E-state index in [-0.39, 0.29) is 30.4 Å². The summed E-state index contributed by atoms with van der Waals surface area (Å²) in [5.74, 6) is -1.24. The van der Waals surface area contributed by atoms with Gasteiger partial charge in [-0.15, -0.1) is 11.3 Å². The van der Waals surface area contributed by atoms with Crippen molar-refractivity contribution in [1.29, 1.82) is 0 Å². The summed E-state index contributed by atoms with van der Waals surface area (Å²) < 4.78 is 5.75. The molecule has 0 unspecified atom stereocenters. The molecule has 0 fully saturated rings. The number of esters is 1. The summed E-state index contributed by atoms with van der Waals surface area (Å²) in [5.41, 5.74) is 0.687. The van der Waals surface area contributed by atoms with Gasteiger partial charge in [-0.1, -0.05) is 29.8 Å².